The summed E-state index contributed by atoms with van der Waals surface area (Å²) in [7, 11) is 0. The summed E-state index contributed by atoms with van der Waals surface area (Å²) in [5, 5.41) is 8.50. The molecule has 2 N–H and O–H groups in total. The topological polar surface area (TPSA) is 54.3 Å². The Morgan fingerprint density at radius 1 is 1.28 bits per heavy atom. The third-order valence-electron chi connectivity index (χ3n) is 2.98. The first-order chi connectivity index (χ1) is 8.70. The van der Waals surface area contributed by atoms with Gasteiger partial charge in [0.05, 0.1) is 0 Å². The van der Waals surface area contributed by atoms with Crippen LogP contribution in [0.25, 0.3) is 5.69 Å². The van der Waals surface area contributed by atoms with E-state index in [9.17, 15) is 4.79 Å². The van der Waals surface area contributed by atoms with Gasteiger partial charge in [0.1, 0.15) is 0 Å². The SMILES string of the molecule is CC(CC(=O)NO)c1ccc(-n2cccc2)cc1. The van der Waals surface area contributed by atoms with Crippen molar-refractivity contribution in [2.24, 2.45) is 0 Å². The predicted octanol–water partition coefficient (Wildman–Crippen LogP) is 2.48. The van der Waals surface area contributed by atoms with E-state index in [2.05, 4.69) is 0 Å². The zero-order valence-corrected chi connectivity index (χ0v) is 10.2. The second-order valence-electron chi connectivity index (χ2n) is 4.32. The number of carbonyl (C=O) groups is 1. The number of benzene rings is 1. The van der Waals surface area contributed by atoms with Gasteiger partial charge in [0.15, 0.2) is 0 Å². The van der Waals surface area contributed by atoms with Gasteiger partial charge in [-0.3, -0.25) is 10.0 Å². The number of carbonyl (C=O) groups excluding carboxylic acids is 1. The largest absolute Gasteiger partial charge is 0.324 e. The van der Waals surface area contributed by atoms with Gasteiger partial charge in [-0.2, -0.15) is 0 Å². The fourth-order valence-corrected chi connectivity index (χ4v) is 1.92. The molecule has 1 unspecified atom stereocenters. The maximum absolute atomic E-state index is 11.1. The molecule has 1 aromatic heterocycles. The molecule has 1 heterocycles. The normalized spacial score (nSPS) is 12.1. The van der Waals surface area contributed by atoms with Crippen molar-refractivity contribution in [3.63, 3.8) is 0 Å². The Balaban J connectivity index is 2.10. The number of hydroxylamine groups is 1. The van der Waals surface area contributed by atoms with Crippen LogP contribution in [0.1, 0.15) is 24.8 Å². The van der Waals surface area contributed by atoms with Crippen LogP contribution in [0.3, 0.4) is 0 Å². The third kappa shape index (κ3) is 2.78. The van der Waals surface area contributed by atoms with Crippen LogP contribution in [0.4, 0.5) is 0 Å². The minimum absolute atomic E-state index is 0.0795. The Bertz CT molecular complexity index is 503. The number of aromatic nitrogens is 1. The van der Waals surface area contributed by atoms with Gasteiger partial charge >= 0.3 is 0 Å². The lowest BCUT2D eigenvalue weighted by atomic mass is 9.97. The van der Waals surface area contributed by atoms with E-state index in [0.29, 0.717) is 0 Å². The van der Waals surface area contributed by atoms with Gasteiger partial charge in [0, 0.05) is 24.5 Å². The first-order valence-corrected chi connectivity index (χ1v) is 5.87. The lowest BCUT2D eigenvalue weighted by Crippen LogP contribution is -2.20. The zero-order valence-electron chi connectivity index (χ0n) is 10.2. The maximum Gasteiger partial charge on any atom is 0.243 e. The Morgan fingerprint density at radius 2 is 1.89 bits per heavy atom. The smallest absolute Gasteiger partial charge is 0.243 e. The molecule has 1 amide bonds. The van der Waals surface area contributed by atoms with Gasteiger partial charge in [-0.15, -0.1) is 0 Å². The molecule has 1 atom stereocenters. The number of nitrogens with zero attached hydrogens (tertiary/aromatic N) is 1. The molecule has 0 radical (unpaired) electrons. The molecule has 2 aromatic rings. The van der Waals surface area contributed by atoms with Crippen LogP contribution in [0, 0.1) is 0 Å². The van der Waals surface area contributed by atoms with Crippen LogP contribution >= 0.6 is 0 Å². The van der Waals surface area contributed by atoms with Crippen molar-refractivity contribution in [3.8, 4) is 5.69 Å². The highest BCUT2D eigenvalue weighted by atomic mass is 16.5. The van der Waals surface area contributed by atoms with Gasteiger partial charge in [-0.1, -0.05) is 19.1 Å². The number of amides is 1. The molecule has 1 aromatic carbocycles. The van der Waals surface area contributed by atoms with Crippen molar-refractivity contribution in [1.82, 2.24) is 10.0 Å². The van der Waals surface area contributed by atoms with Crippen molar-refractivity contribution in [3.05, 3.63) is 54.4 Å². The van der Waals surface area contributed by atoms with E-state index in [4.69, 9.17) is 5.21 Å². The molecule has 0 saturated heterocycles. The molecule has 4 heteroatoms. The van der Waals surface area contributed by atoms with Crippen molar-refractivity contribution in [1.29, 1.82) is 0 Å². The van der Waals surface area contributed by atoms with Crippen LogP contribution < -0.4 is 5.48 Å². The molecule has 18 heavy (non-hydrogen) atoms. The van der Waals surface area contributed by atoms with Gasteiger partial charge in [0.2, 0.25) is 5.91 Å². The molecular weight excluding hydrogens is 228 g/mol. The Hall–Kier alpha value is -2.07. The highest BCUT2D eigenvalue weighted by Gasteiger charge is 2.10. The highest BCUT2D eigenvalue weighted by molar-refractivity contribution is 5.75. The van der Waals surface area contributed by atoms with Crippen molar-refractivity contribution >= 4 is 5.91 Å². The zero-order chi connectivity index (χ0) is 13.0. The van der Waals surface area contributed by atoms with Gasteiger partial charge in [0.25, 0.3) is 0 Å². The van der Waals surface area contributed by atoms with Crippen molar-refractivity contribution in [2.45, 2.75) is 19.3 Å². The summed E-state index contributed by atoms with van der Waals surface area (Å²) in [5.41, 5.74) is 3.82. The summed E-state index contributed by atoms with van der Waals surface area (Å²) in [6, 6.07) is 12.0. The fraction of sp³-hybridized carbons (Fsp3) is 0.214. The fourth-order valence-electron chi connectivity index (χ4n) is 1.92. The highest BCUT2D eigenvalue weighted by Crippen LogP contribution is 2.20. The lowest BCUT2D eigenvalue weighted by Gasteiger charge is -2.11. The van der Waals surface area contributed by atoms with Crippen LogP contribution in [0.2, 0.25) is 0 Å². The van der Waals surface area contributed by atoms with Gasteiger partial charge < -0.3 is 4.57 Å². The quantitative estimate of drug-likeness (QED) is 0.641. The molecule has 0 aliphatic rings. The van der Waals surface area contributed by atoms with Crippen LogP contribution in [0.15, 0.2) is 48.8 Å². The van der Waals surface area contributed by atoms with Crippen LogP contribution in [0.5, 0.6) is 0 Å². The van der Waals surface area contributed by atoms with Crippen molar-refractivity contribution in [2.75, 3.05) is 0 Å². The molecule has 0 bridgehead atoms. The minimum atomic E-state index is -0.364. The van der Waals surface area contributed by atoms with Crippen LogP contribution in [-0.2, 0) is 4.79 Å². The van der Waals surface area contributed by atoms with Gasteiger partial charge in [-0.05, 0) is 35.7 Å². The van der Waals surface area contributed by atoms with E-state index in [-0.39, 0.29) is 18.2 Å². The lowest BCUT2D eigenvalue weighted by molar-refractivity contribution is -0.129. The number of nitrogens with one attached hydrogen (secondary N) is 1. The van der Waals surface area contributed by atoms with E-state index >= 15 is 0 Å². The van der Waals surface area contributed by atoms with E-state index in [1.54, 1.807) is 5.48 Å². The summed E-state index contributed by atoms with van der Waals surface area (Å²) in [4.78, 5) is 11.1. The number of hydrogen-bond donors (Lipinski definition) is 2. The number of hydrogen-bond acceptors (Lipinski definition) is 2. The summed E-state index contributed by atoms with van der Waals surface area (Å²) < 4.78 is 2.02. The van der Waals surface area contributed by atoms with Crippen LogP contribution in [-0.4, -0.2) is 15.7 Å². The minimum Gasteiger partial charge on any atom is -0.324 e. The third-order valence-corrected chi connectivity index (χ3v) is 2.98. The monoisotopic (exact) mass is 244 g/mol. The molecule has 0 aliphatic heterocycles. The second kappa shape index (κ2) is 5.51. The Morgan fingerprint density at radius 3 is 2.44 bits per heavy atom. The van der Waals surface area contributed by atoms with E-state index < -0.39 is 0 Å². The number of rotatable bonds is 4. The molecule has 94 valence electrons. The molecule has 2 rings (SSSR count). The summed E-state index contributed by atoms with van der Waals surface area (Å²) in [6.07, 6.45) is 4.24. The van der Waals surface area contributed by atoms with E-state index in [0.717, 1.165) is 11.3 Å². The van der Waals surface area contributed by atoms with E-state index in [1.807, 2.05) is 60.3 Å². The van der Waals surface area contributed by atoms with Gasteiger partial charge in [-0.25, -0.2) is 5.48 Å². The first kappa shape index (κ1) is 12.4. The van der Waals surface area contributed by atoms with Crippen molar-refractivity contribution < 1.29 is 10.0 Å². The summed E-state index contributed by atoms with van der Waals surface area (Å²) in [6.45, 7) is 1.96. The Labute approximate surface area is 106 Å². The Kier molecular flexibility index (Phi) is 3.79. The molecule has 0 spiro atoms. The second-order valence-corrected chi connectivity index (χ2v) is 4.32. The predicted molar refractivity (Wildman–Crippen MR) is 68.7 cm³/mol. The molecule has 0 aliphatic carbocycles. The average Bonchev–Trinajstić information content (AvgIpc) is 2.92. The molecule has 4 nitrogen and oxygen atoms in total. The first-order valence-electron chi connectivity index (χ1n) is 5.87. The standard InChI is InChI=1S/C14H16N2O2/c1-11(10-14(17)15-18)12-4-6-13(7-5-12)16-8-2-3-9-16/h2-9,11,18H,10H2,1H3,(H,15,17). The molecule has 0 fully saturated rings. The summed E-state index contributed by atoms with van der Waals surface area (Å²) >= 11 is 0. The molecular formula is C14H16N2O2. The average molecular weight is 244 g/mol. The van der Waals surface area contributed by atoms with E-state index in [1.165, 1.54) is 0 Å². The maximum atomic E-state index is 11.1. The summed E-state index contributed by atoms with van der Waals surface area (Å²) in [5.74, 6) is -0.284. The molecule has 0 saturated carbocycles.